The van der Waals surface area contributed by atoms with Gasteiger partial charge < -0.3 is 10.1 Å². The molecule has 76 valence electrons. The van der Waals surface area contributed by atoms with Crippen LogP contribution < -0.4 is 5.32 Å². The van der Waals surface area contributed by atoms with Crippen LogP contribution in [0.3, 0.4) is 0 Å². The summed E-state index contributed by atoms with van der Waals surface area (Å²) in [7, 11) is 0. The second-order valence-corrected chi connectivity index (χ2v) is 4.14. The smallest absolute Gasteiger partial charge is 0.320 e. The van der Waals surface area contributed by atoms with Crippen LogP contribution in [-0.2, 0) is 9.53 Å². The van der Waals surface area contributed by atoms with Crippen molar-refractivity contribution in [1.82, 2.24) is 5.32 Å². The van der Waals surface area contributed by atoms with Gasteiger partial charge in [0.15, 0.2) is 0 Å². The van der Waals surface area contributed by atoms with Crippen molar-refractivity contribution in [2.45, 2.75) is 33.3 Å². The molecule has 13 heavy (non-hydrogen) atoms. The summed E-state index contributed by atoms with van der Waals surface area (Å²) in [6.07, 6.45) is 1.29. The number of rotatable bonds is 5. The van der Waals surface area contributed by atoms with Gasteiger partial charge in [-0.3, -0.25) is 4.79 Å². The van der Waals surface area contributed by atoms with Crippen molar-refractivity contribution in [1.29, 1.82) is 0 Å². The molecule has 1 fully saturated rings. The normalized spacial score (nSPS) is 26.2. The van der Waals surface area contributed by atoms with E-state index >= 15 is 0 Å². The van der Waals surface area contributed by atoms with Crippen LogP contribution in [0.5, 0.6) is 0 Å². The fourth-order valence-electron chi connectivity index (χ4n) is 1.35. The Kier molecular flexibility index (Phi) is 3.72. The Hall–Kier alpha value is -0.570. The number of hydrogen-bond acceptors (Lipinski definition) is 3. The highest BCUT2D eigenvalue weighted by atomic mass is 16.5. The van der Waals surface area contributed by atoms with Crippen molar-refractivity contribution in [2.75, 3.05) is 13.1 Å². The second-order valence-electron chi connectivity index (χ2n) is 4.14. The first-order valence-electron chi connectivity index (χ1n) is 4.99. The highest BCUT2D eigenvalue weighted by Crippen LogP contribution is 2.36. The molecule has 2 unspecified atom stereocenters. The fraction of sp³-hybridized carbons (Fsp3) is 0.900. The van der Waals surface area contributed by atoms with Crippen LogP contribution in [0.2, 0.25) is 0 Å². The van der Waals surface area contributed by atoms with E-state index in [-0.39, 0.29) is 12.1 Å². The fourth-order valence-corrected chi connectivity index (χ4v) is 1.35. The van der Waals surface area contributed by atoms with Crippen LogP contribution in [0.1, 0.15) is 27.2 Å². The van der Waals surface area contributed by atoms with Crippen LogP contribution >= 0.6 is 0 Å². The molecule has 3 heteroatoms. The molecule has 0 aliphatic heterocycles. The predicted octanol–water partition coefficient (Wildman–Crippen LogP) is 1.18. The van der Waals surface area contributed by atoms with Crippen molar-refractivity contribution < 1.29 is 9.53 Å². The number of carbonyl (C=O) groups is 1. The third-order valence-electron chi connectivity index (χ3n) is 2.32. The standard InChI is InChI=1S/C10H19NO2/c1-7(2)13-10(12)6-11-5-9-4-8(9)3/h7-9,11H,4-6H2,1-3H3. The lowest BCUT2D eigenvalue weighted by Crippen LogP contribution is -2.28. The van der Waals surface area contributed by atoms with Gasteiger partial charge in [0, 0.05) is 0 Å². The lowest BCUT2D eigenvalue weighted by Gasteiger charge is -2.08. The van der Waals surface area contributed by atoms with Gasteiger partial charge >= 0.3 is 5.97 Å². The van der Waals surface area contributed by atoms with Crippen molar-refractivity contribution in [3.63, 3.8) is 0 Å². The van der Waals surface area contributed by atoms with Crippen molar-refractivity contribution in [2.24, 2.45) is 11.8 Å². The van der Waals surface area contributed by atoms with Gasteiger partial charge in [-0.25, -0.2) is 0 Å². The Morgan fingerprint density at radius 3 is 2.69 bits per heavy atom. The lowest BCUT2D eigenvalue weighted by atomic mass is 10.3. The average molecular weight is 185 g/mol. The largest absolute Gasteiger partial charge is 0.462 e. The van der Waals surface area contributed by atoms with E-state index in [0.29, 0.717) is 6.54 Å². The van der Waals surface area contributed by atoms with E-state index in [1.807, 2.05) is 13.8 Å². The Morgan fingerprint density at radius 2 is 2.23 bits per heavy atom. The molecular formula is C10H19NO2. The van der Waals surface area contributed by atoms with E-state index in [4.69, 9.17) is 4.74 Å². The average Bonchev–Trinajstić information content (AvgIpc) is 2.64. The molecule has 0 aromatic rings. The van der Waals surface area contributed by atoms with Gasteiger partial charge in [-0.1, -0.05) is 6.92 Å². The van der Waals surface area contributed by atoms with Crippen LogP contribution in [0.25, 0.3) is 0 Å². The summed E-state index contributed by atoms with van der Waals surface area (Å²) >= 11 is 0. The third kappa shape index (κ3) is 4.27. The minimum absolute atomic E-state index is 0.00542. The zero-order chi connectivity index (χ0) is 9.84. The van der Waals surface area contributed by atoms with Gasteiger partial charge in [-0.2, -0.15) is 0 Å². The zero-order valence-electron chi connectivity index (χ0n) is 8.67. The predicted molar refractivity (Wildman–Crippen MR) is 51.4 cm³/mol. The van der Waals surface area contributed by atoms with E-state index in [9.17, 15) is 4.79 Å². The molecule has 0 saturated heterocycles. The van der Waals surface area contributed by atoms with Crippen molar-refractivity contribution >= 4 is 5.97 Å². The summed E-state index contributed by atoms with van der Waals surface area (Å²) in [6, 6.07) is 0. The number of ether oxygens (including phenoxy) is 1. The topological polar surface area (TPSA) is 38.3 Å². The van der Waals surface area contributed by atoms with Crippen LogP contribution in [-0.4, -0.2) is 25.2 Å². The molecule has 2 atom stereocenters. The lowest BCUT2D eigenvalue weighted by molar-refractivity contribution is -0.146. The number of carbonyl (C=O) groups excluding carboxylic acids is 1. The van der Waals surface area contributed by atoms with Crippen LogP contribution in [0.15, 0.2) is 0 Å². The summed E-state index contributed by atoms with van der Waals surface area (Å²) in [5, 5.41) is 3.11. The molecule has 1 saturated carbocycles. The maximum Gasteiger partial charge on any atom is 0.320 e. The maximum absolute atomic E-state index is 11.1. The van der Waals surface area contributed by atoms with Gasteiger partial charge in [0.25, 0.3) is 0 Å². The molecule has 0 radical (unpaired) electrons. The van der Waals surface area contributed by atoms with Crippen LogP contribution in [0.4, 0.5) is 0 Å². The number of nitrogens with one attached hydrogen (secondary N) is 1. The first kappa shape index (κ1) is 10.5. The van der Waals surface area contributed by atoms with Crippen molar-refractivity contribution in [3.8, 4) is 0 Å². The van der Waals surface area contributed by atoms with Gasteiger partial charge in [0.2, 0.25) is 0 Å². The molecule has 3 nitrogen and oxygen atoms in total. The molecule has 0 heterocycles. The quantitative estimate of drug-likeness (QED) is 0.654. The third-order valence-corrected chi connectivity index (χ3v) is 2.32. The first-order chi connectivity index (χ1) is 6.09. The Labute approximate surface area is 79.8 Å². The Balaban J connectivity index is 1.96. The summed E-state index contributed by atoms with van der Waals surface area (Å²) < 4.78 is 4.98. The van der Waals surface area contributed by atoms with E-state index in [2.05, 4.69) is 12.2 Å². The van der Waals surface area contributed by atoms with Crippen LogP contribution in [0, 0.1) is 11.8 Å². The number of hydrogen-bond donors (Lipinski definition) is 1. The molecule has 0 amide bonds. The minimum Gasteiger partial charge on any atom is -0.462 e. The highest BCUT2D eigenvalue weighted by Gasteiger charge is 2.31. The molecule has 1 N–H and O–H groups in total. The molecule has 0 aromatic heterocycles. The molecule has 0 bridgehead atoms. The van der Waals surface area contributed by atoms with E-state index in [1.165, 1.54) is 6.42 Å². The molecule has 1 aliphatic carbocycles. The SMILES string of the molecule is CC(C)OC(=O)CNCC1CC1C. The van der Waals surface area contributed by atoms with E-state index in [1.54, 1.807) is 0 Å². The molecule has 1 rings (SSSR count). The van der Waals surface area contributed by atoms with E-state index < -0.39 is 0 Å². The highest BCUT2D eigenvalue weighted by molar-refractivity contribution is 5.71. The second kappa shape index (κ2) is 4.61. The summed E-state index contributed by atoms with van der Waals surface area (Å²) in [4.78, 5) is 11.1. The molecule has 0 aromatic carbocycles. The Morgan fingerprint density at radius 1 is 1.62 bits per heavy atom. The summed E-state index contributed by atoms with van der Waals surface area (Å²) in [5.74, 6) is 1.48. The maximum atomic E-state index is 11.1. The van der Waals surface area contributed by atoms with Crippen molar-refractivity contribution in [3.05, 3.63) is 0 Å². The number of esters is 1. The molecule has 1 aliphatic rings. The first-order valence-corrected chi connectivity index (χ1v) is 4.99. The summed E-state index contributed by atoms with van der Waals surface area (Å²) in [6.45, 7) is 7.26. The molecular weight excluding hydrogens is 166 g/mol. The van der Waals surface area contributed by atoms with Gasteiger partial charge in [-0.15, -0.1) is 0 Å². The van der Waals surface area contributed by atoms with Gasteiger partial charge in [0.05, 0.1) is 12.6 Å². The van der Waals surface area contributed by atoms with E-state index in [0.717, 1.165) is 18.4 Å². The summed E-state index contributed by atoms with van der Waals surface area (Å²) in [5.41, 5.74) is 0. The minimum atomic E-state index is -0.150. The zero-order valence-corrected chi connectivity index (χ0v) is 8.67. The molecule has 0 spiro atoms. The van der Waals surface area contributed by atoms with Gasteiger partial charge in [-0.05, 0) is 38.6 Å². The Bertz CT molecular complexity index is 180. The monoisotopic (exact) mass is 185 g/mol. The van der Waals surface area contributed by atoms with Gasteiger partial charge in [0.1, 0.15) is 0 Å².